The van der Waals surface area contributed by atoms with Crippen molar-refractivity contribution in [2.24, 2.45) is 5.29 Å². The fourth-order valence-corrected chi connectivity index (χ4v) is 2.92. The molecular weight excluding hydrogens is 363 g/mol. The zero-order valence-electron chi connectivity index (χ0n) is 13.2. The van der Waals surface area contributed by atoms with Crippen LogP contribution in [0.4, 0.5) is 17.5 Å². The van der Waals surface area contributed by atoms with Crippen molar-refractivity contribution < 1.29 is 0 Å². The van der Waals surface area contributed by atoms with Crippen LogP contribution < -0.4 is 16.5 Å². The lowest BCUT2D eigenvalue weighted by Crippen LogP contribution is -2.16. The minimum Gasteiger partial charge on any atom is -0.383 e. The Hall–Kier alpha value is -2.64. The number of nitrogens with zero attached hydrogens (tertiary/aromatic N) is 4. The number of aromatic nitrogens is 2. The minimum atomic E-state index is 0.115. The molecule has 3 rings (SSSR count). The molecule has 0 saturated heterocycles. The summed E-state index contributed by atoms with van der Waals surface area (Å²) in [5.74, 6) is 0.408. The molecule has 0 amide bonds. The van der Waals surface area contributed by atoms with E-state index in [1.807, 2.05) is 13.0 Å². The standard InChI is InChI=1S/C16H14Cl2N6O/c1-8-9(2-5-13-14(8)15(19)22-16(20)21-13)7-24(23-25)10-3-4-11(17)12(18)6-10/h2-6H,7H2,1H3,(H4,19,20,21,22). The number of hydrogen-bond donors (Lipinski definition) is 2. The van der Waals surface area contributed by atoms with Crippen molar-refractivity contribution in [1.29, 1.82) is 0 Å². The number of halogens is 2. The fraction of sp³-hybridized carbons (Fsp3) is 0.125. The van der Waals surface area contributed by atoms with E-state index in [0.717, 1.165) is 11.1 Å². The maximum absolute atomic E-state index is 11.3. The molecule has 0 aliphatic carbocycles. The second-order valence-corrected chi connectivity index (χ2v) is 6.26. The summed E-state index contributed by atoms with van der Waals surface area (Å²) in [6.07, 6.45) is 0. The predicted octanol–water partition coefficient (Wildman–Crippen LogP) is 4.10. The minimum absolute atomic E-state index is 0.115. The van der Waals surface area contributed by atoms with Gasteiger partial charge in [0.15, 0.2) is 0 Å². The highest BCUT2D eigenvalue weighted by Gasteiger charge is 2.15. The molecule has 0 spiro atoms. The Labute approximate surface area is 153 Å². The zero-order chi connectivity index (χ0) is 18.1. The Bertz CT molecular complexity index is 978. The Morgan fingerprint density at radius 1 is 1.12 bits per heavy atom. The highest BCUT2D eigenvalue weighted by molar-refractivity contribution is 6.42. The molecular formula is C16H14Cl2N6O. The average molecular weight is 377 g/mol. The van der Waals surface area contributed by atoms with Gasteiger partial charge in [-0.3, -0.25) is 0 Å². The summed E-state index contributed by atoms with van der Waals surface area (Å²) in [7, 11) is 0. The molecule has 4 N–H and O–H groups in total. The van der Waals surface area contributed by atoms with Gasteiger partial charge in [-0.2, -0.15) is 4.98 Å². The first-order valence-electron chi connectivity index (χ1n) is 7.27. The summed E-state index contributed by atoms with van der Waals surface area (Å²) < 4.78 is 0. The molecule has 25 heavy (non-hydrogen) atoms. The molecule has 1 aromatic heterocycles. The Morgan fingerprint density at radius 2 is 1.88 bits per heavy atom. The van der Waals surface area contributed by atoms with Crippen LogP contribution in [0, 0.1) is 11.8 Å². The number of rotatable bonds is 4. The molecule has 3 aromatic rings. The quantitative estimate of drug-likeness (QED) is 0.523. The number of nitrogens with two attached hydrogens (primary N) is 2. The molecule has 0 unspecified atom stereocenters. The molecule has 2 aromatic carbocycles. The van der Waals surface area contributed by atoms with Gasteiger partial charge in [0, 0.05) is 5.39 Å². The third-order valence-electron chi connectivity index (χ3n) is 3.90. The van der Waals surface area contributed by atoms with Gasteiger partial charge in [-0.05, 0) is 42.3 Å². The van der Waals surface area contributed by atoms with Gasteiger partial charge >= 0.3 is 0 Å². The van der Waals surface area contributed by atoms with Gasteiger partial charge in [0.05, 0.1) is 33.1 Å². The van der Waals surface area contributed by atoms with Crippen molar-refractivity contribution in [3.8, 4) is 0 Å². The van der Waals surface area contributed by atoms with Gasteiger partial charge in [-0.25, -0.2) is 9.99 Å². The van der Waals surface area contributed by atoms with Crippen LogP contribution in [0.5, 0.6) is 0 Å². The van der Waals surface area contributed by atoms with Crippen LogP contribution in [0.1, 0.15) is 11.1 Å². The van der Waals surface area contributed by atoms with Crippen molar-refractivity contribution in [3.63, 3.8) is 0 Å². The molecule has 7 nitrogen and oxygen atoms in total. The topological polar surface area (TPSA) is 110 Å². The summed E-state index contributed by atoms with van der Waals surface area (Å²) in [4.78, 5) is 19.5. The van der Waals surface area contributed by atoms with Crippen molar-refractivity contribution in [3.05, 3.63) is 56.4 Å². The molecule has 9 heteroatoms. The molecule has 0 fully saturated rings. The van der Waals surface area contributed by atoms with E-state index in [0.29, 0.717) is 32.5 Å². The molecule has 0 aliphatic heterocycles. The maximum atomic E-state index is 11.3. The van der Waals surface area contributed by atoms with Gasteiger partial charge in [0.2, 0.25) is 5.95 Å². The number of benzene rings is 2. The van der Waals surface area contributed by atoms with Crippen LogP contribution in [0.2, 0.25) is 10.0 Å². The van der Waals surface area contributed by atoms with E-state index in [1.165, 1.54) is 5.01 Å². The first-order valence-corrected chi connectivity index (χ1v) is 8.03. The van der Waals surface area contributed by atoms with Crippen molar-refractivity contribution in [2.45, 2.75) is 13.5 Å². The lowest BCUT2D eigenvalue weighted by Gasteiger charge is -2.18. The van der Waals surface area contributed by atoms with Crippen LogP contribution in [-0.4, -0.2) is 9.97 Å². The highest BCUT2D eigenvalue weighted by Crippen LogP contribution is 2.30. The average Bonchev–Trinajstić information content (AvgIpc) is 2.56. The van der Waals surface area contributed by atoms with Crippen LogP contribution in [0.3, 0.4) is 0 Å². The number of aryl methyl sites for hydroxylation is 1. The maximum Gasteiger partial charge on any atom is 0.222 e. The van der Waals surface area contributed by atoms with Gasteiger partial charge in [0.25, 0.3) is 0 Å². The monoisotopic (exact) mass is 376 g/mol. The van der Waals surface area contributed by atoms with E-state index < -0.39 is 0 Å². The predicted molar refractivity (Wildman–Crippen MR) is 102 cm³/mol. The molecule has 128 valence electrons. The summed E-state index contributed by atoms with van der Waals surface area (Å²) >= 11 is 11.9. The lowest BCUT2D eigenvalue weighted by atomic mass is 10.0. The van der Waals surface area contributed by atoms with Gasteiger partial charge in [-0.15, -0.1) is 4.91 Å². The van der Waals surface area contributed by atoms with E-state index in [2.05, 4.69) is 15.3 Å². The number of anilines is 3. The Balaban J connectivity index is 2.02. The normalized spacial score (nSPS) is 10.8. The van der Waals surface area contributed by atoms with E-state index in [4.69, 9.17) is 34.7 Å². The summed E-state index contributed by atoms with van der Waals surface area (Å²) in [5.41, 5.74) is 14.5. The molecule has 0 atom stereocenters. The van der Waals surface area contributed by atoms with Crippen LogP contribution >= 0.6 is 23.2 Å². The number of fused-ring (bicyclic) bond motifs is 1. The van der Waals surface area contributed by atoms with E-state index in [1.54, 1.807) is 24.3 Å². The largest absolute Gasteiger partial charge is 0.383 e. The smallest absolute Gasteiger partial charge is 0.222 e. The molecule has 0 aliphatic rings. The van der Waals surface area contributed by atoms with Gasteiger partial charge in [-0.1, -0.05) is 29.3 Å². The zero-order valence-corrected chi connectivity index (χ0v) is 14.7. The molecule has 0 radical (unpaired) electrons. The third-order valence-corrected chi connectivity index (χ3v) is 4.64. The fourth-order valence-electron chi connectivity index (χ4n) is 2.63. The number of nitrogen functional groups attached to an aromatic ring is 2. The second kappa shape index (κ2) is 6.70. The van der Waals surface area contributed by atoms with E-state index in [-0.39, 0.29) is 12.5 Å². The van der Waals surface area contributed by atoms with Gasteiger partial charge < -0.3 is 11.5 Å². The van der Waals surface area contributed by atoms with Crippen LogP contribution in [0.25, 0.3) is 10.9 Å². The highest BCUT2D eigenvalue weighted by atomic mass is 35.5. The van der Waals surface area contributed by atoms with Crippen molar-refractivity contribution in [1.82, 2.24) is 9.97 Å². The van der Waals surface area contributed by atoms with Crippen LogP contribution in [0.15, 0.2) is 35.6 Å². The Kier molecular flexibility index (Phi) is 4.61. The van der Waals surface area contributed by atoms with Crippen molar-refractivity contribution >= 4 is 51.6 Å². The first-order chi connectivity index (χ1) is 11.9. The molecule has 0 saturated carbocycles. The van der Waals surface area contributed by atoms with E-state index in [9.17, 15) is 4.91 Å². The van der Waals surface area contributed by atoms with Crippen LogP contribution in [-0.2, 0) is 6.54 Å². The molecule has 0 bridgehead atoms. The SMILES string of the molecule is Cc1c(CN(N=O)c2ccc(Cl)c(Cl)c2)ccc2nc(N)nc(N)c12. The summed E-state index contributed by atoms with van der Waals surface area (Å²) in [6, 6.07) is 8.49. The van der Waals surface area contributed by atoms with E-state index >= 15 is 0 Å². The molecule has 1 heterocycles. The third kappa shape index (κ3) is 3.29. The second-order valence-electron chi connectivity index (χ2n) is 5.45. The Morgan fingerprint density at radius 3 is 2.56 bits per heavy atom. The summed E-state index contributed by atoms with van der Waals surface area (Å²) in [6.45, 7) is 2.11. The van der Waals surface area contributed by atoms with Crippen molar-refractivity contribution in [2.75, 3.05) is 16.5 Å². The number of nitroso groups, excluding NO2 is 1. The lowest BCUT2D eigenvalue weighted by molar-refractivity contribution is 0.843. The summed E-state index contributed by atoms with van der Waals surface area (Å²) in [5, 5.41) is 5.81. The number of hydrogen-bond acceptors (Lipinski definition) is 6. The van der Waals surface area contributed by atoms with Gasteiger partial charge in [0.1, 0.15) is 5.82 Å². The first kappa shape index (κ1) is 17.2.